The molecular formula is C15H13Br2FO. The summed E-state index contributed by atoms with van der Waals surface area (Å²) in [6, 6.07) is 10.3. The number of hydrogen-bond donors (Lipinski definition) is 1. The van der Waals surface area contributed by atoms with E-state index < -0.39 is 6.10 Å². The molecule has 100 valence electrons. The lowest BCUT2D eigenvalue weighted by Gasteiger charge is -2.15. The molecule has 0 fully saturated rings. The maximum Gasteiger partial charge on any atom is 0.124 e. The highest BCUT2D eigenvalue weighted by atomic mass is 79.9. The molecule has 1 nitrogen and oxygen atoms in total. The van der Waals surface area contributed by atoms with E-state index in [0.717, 1.165) is 21.2 Å². The van der Waals surface area contributed by atoms with Gasteiger partial charge in [0.25, 0.3) is 0 Å². The fraction of sp³-hybridized carbons (Fsp3) is 0.200. The summed E-state index contributed by atoms with van der Waals surface area (Å²) in [5.41, 5.74) is 2.80. The third-order valence-electron chi connectivity index (χ3n) is 3.03. The second kappa shape index (κ2) is 6.16. The van der Waals surface area contributed by atoms with Crippen molar-refractivity contribution in [1.82, 2.24) is 0 Å². The number of hydrogen-bond acceptors (Lipinski definition) is 1. The van der Waals surface area contributed by atoms with Crippen molar-refractivity contribution >= 4 is 31.9 Å². The minimum absolute atomic E-state index is 0.288. The Kier molecular flexibility index (Phi) is 4.76. The summed E-state index contributed by atoms with van der Waals surface area (Å²) in [6.45, 7) is 1.96. The second-order valence-corrected chi connectivity index (χ2v) is 6.23. The van der Waals surface area contributed by atoms with Crippen LogP contribution in [0.3, 0.4) is 0 Å². The third-order valence-corrected chi connectivity index (χ3v) is 4.26. The lowest BCUT2D eigenvalue weighted by atomic mass is 9.98. The Morgan fingerprint density at radius 3 is 2.58 bits per heavy atom. The fourth-order valence-corrected chi connectivity index (χ4v) is 2.87. The highest BCUT2D eigenvalue weighted by Gasteiger charge is 2.13. The van der Waals surface area contributed by atoms with Crippen molar-refractivity contribution in [3.05, 3.63) is 67.9 Å². The summed E-state index contributed by atoms with van der Waals surface area (Å²) in [5.74, 6) is -0.288. The van der Waals surface area contributed by atoms with Crippen molar-refractivity contribution in [2.45, 2.75) is 19.4 Å². The lowest BCUT2D eigenvalue weighted by Crippen LogP contribution is -2.04. The predicted octanol–water partition coefficient (Wildman–Crippen LogP) is 4.94. The van der Waals surface area contributed by atoms with Gasteiger partial charge in [0.1, 0.15) is 5.82 Å². The van der Waals surface area contributed by atoms with Crippen molar-refractivity contribution < 1.29 is 9.50 Å². The Morgan fingerprint density at radius 2 is 1.89 bits per heavy atom. The lowest BCUT2D eigenvalue weighted by molar-refractivity contribution is 0.177. The number of benzene rings is 2. The van der Waals surface area contributed by atoms with E-state index in [4.69, 9.17) is 0 Å². The molecule has 0 spiro atoms. The zero-order chi connectivity index (χ0) is 14.0. The summed E-state index contributed by atoms with van der Waals surface area (Å²) in [6.07, 6.45) is -0.169. The van der Waals surface area contributed by atoms with E-state index in [1.54, 1.807) is 6.07 Å². The van der Waals surface area contributed by atoms with Crippen LogP contribution < -0.4 is 0 Å². The molecule has 2 aromatic rings. The first kappa shape index (κ1) is 14.7. The molecule has 0 aliphatic heterocycles. The van der Waals surface area contributed by atoms with Gasteiger partial charge in [-0.25, -0.2) is 4.39 Å². The van der Waals surface area contributed by atoms with Crippen molar-refractivity contribution in [3.63, 3.8) is 0 Å². The Labute approximate surface area is 128 Å². The minimum atomic E-state index is -0.612. The van der Waals surface area contributed by atoms with Gasteiger partial charge in [-0.1, -0.05) is 44.0 Å². The van der Waals surface area contributed by atoms with Gasteiger partial charge < -0.3 is 5.11 Å². The van der Waals surface area contributed by atoms with Gasteiger partial charge in [-0.15, -0.1) is 0 Å². The van der Waals surface area contributed by atoms with Crippen LogP contribution in [0.1, 0.15) is 22.8 Å². The standard InChI is InChI=1S/C15H13Br2FO/c1-9-2-4-11(16)7-13(9)15(19)6-10-3-5-12(18)8-14(10)17/h2-5,7-8,15,19H,6H2,1H3. The largest absolute Gasteiger partial charge is 0.388 e. The Bertz CT molecular complexity index is 599. The van der Waals surface area contributed by atoms with E-state index in [-0.39, 0.29) is 5.82 Å². The highest BCUT2D eigenvalue weighted by Crippen LogP contribution is 2.28. The molecule has 1 N–H and O–H groups in total. The van der Waals surface area contributed by atoms with Crippen molar-refractivity contribution in [2.24, 2.45) is 0 Å². The van der Waals surface area contributed by atoms with Crippen LogP contribution in [0.25, 0.3) is 0 Å². The quantitative estimate of drug-likeness (QED) is 0.791. The van der Waals surface area contributed by atoms with Crippen LogP contribution in [0.4, 0.5) is 4.39 Å². The number of rotatable bonds is 3. The highest BCUT2D eigenvalue weighted by molar-refractivity contribution is 9.10. The van der Waals surface area contributed by atoms with Crippen LogP contribution in [0.15, 0.2) is 45.3 Å². The van der Waals surface area contributed by atoms with E-state index in [1.807, 2.05) is 25.1 Å². The monoisotopic (exact) mass is 386 g/mol. The fourth-order valence-electron chi connectivity index (χ4n) is 1.98. The predicted molar refractivity (Wildman–Crippen MR) is 81.6 cm³/mol. The molecule has 0 aliphatic carbocycles. The van der Waals surface area contributed by atoms with Gasteiger partial charge in [0.2, 0.25) is 0 Å². The van der Waals surface area contributed by atoms with Gasteiger partial charge in [0, 0.05) is 15.4 Å². The molecule has 1 unspecified atom stereocenters. The topological polar surface area (TPSA) is 20.2 Å². The van der Waals surface area contributed by atoms with Gasteiger partial charge in [0.15, 0.2) is 0 Å². The zero-order valence-corrected chi connectivity index (χ0v) is 13.5. The van der Waals surface area contributed by atoms with Crippen LogP contribution in [0.2, 0.25) is 0 Å². The Balaban J connectivity index is 2.25. The minimum Gasteiger partial charge on any atom is -0.388 e. The summed E-state index contributed by atoms with van der Waals surface area (Å²) in [7, 11) is 0. The number of aliphatic hydroxyl groups excluding tert-OH is 1. The van der Waals surface area contributed by atoms with Gasteiger partial charge in [0.05, 0.1) is 6.10 Å². The Morgan fingerprint density at radius 1 is 1.16 bits per heavy atom. The molecular weight excluding hydrogens is 375 g/mol. The zero-order valence-electron chi connectivity index (χ0n) is 10.3. The first-order valence-corrected chi connectivity index (χ1v) is 7.44. The molecule has 2 rings (SSSR count). The van der Waals surface area contributed by atoms with Crippen molar-refractivity contribution in [2.75, 3.05) is 0 Å². The molecule has 0 amide bonds. The first-order chi connectivity index (χ1) is 8.97. The van der Waals surface area contributed by atoms with E-state index in [0.29, 0.717) is 10.9 Å². The second-order valence-electron chi connectivity index (χ2n) is 4.46. The molecule has 2 aromatic carbocycles. The normalized spacial score (nSPS) is 12.5. The molecule has 0 heterocycles. The molecule has 1 atom stereocenters. The van der Waals surface area contributed by atoms with Crippen molar-refractivity contribution in [3.8, 4) is 0 Å². The van der Waals surface area contributed by atoms with Gasteiger partial charge in [-0.05, 0) is 47.9 Å². The van der Waals surface area contributed by atoms with Gasteiger partial charge in [-0.2, -0.15) is 0 Å². The van der Waals surface area contributed by atoms with Crippen LogP contribution in [-0.2, 0) is 6.42 Å². The van der Waals surface area contributed by atoms with E-state index >= 15 is 0 Å². The van der Waals surface area contributed by atoms with E-state index in [2.05, 4.69) is 31.9 Å². The summed E-state index contributed by atoms with van der Waals surface area (Å²) in [5, 5.41) is 10.3. The van der Waals surface area contributed by atoms with Crippen LogP contribution in [0, 0.1) is 12.7 Å². The molecule has 0 radical (unpaired) electrons. The van der Waals surface area contributed by atoms with Crippen molar-refractivity contribution in [1.29, 1.82) is 0 Å². The first-order valence-electron chi connectivity index (χ1n) is 5.85. The van der Waals surface area contributed by atoms with Crippen LogP contribution >= 0.6 is 31.9 Å². The average molecular weight is 388 g/mol. The molecule has 4 heteroatoms. The summed E-state index contributed by atoms with van der Waals surface area (Å²) < 4.78 is 14.6. The maximum absolute atomic E-state index is 13.0. The maximum atomic E-state index is 13.0. The van der Waals surface area contributed by atoms with E-state index in [9.17, 15) is 9.50 Å². The number of aryl methyl sites for hydroxylation is 1. The average Bonchev–Trinajstić information content (AvgIpc) is 2.35. The molecule has 0 aliphatic rings. The smallest absolute Gasteiger partial charge is 0.124 e. The summed E-state index contributed by atoms with van der Waals surface area (Å²) in [4.78, 5) is 0. The summed E-state index contributed by atoms with van der Waals surface area (Å²) >= 11 is 6.72. The SMILES string of the molecule is Cc1ccc(Br)cc1C(O)Cc1ccc(F)cc1Br. The molecule has 0 aromatic heterocycles. The van der Waals surface area contributed by atoms with Gasteiger partial charge >= 0.3 is 0 Å². The molecule has 0 saturated heterocycles. The van der Waals surface area contributed by atoms with Crippen LogP contribution in [-0.4, -0.2) is 5.11 Å². The third kappa shape index (κ3) is 3.65. The molecule has 19 heavy (non-hydrogen) atoms. The van der Waals surface area contributed by atoms with Gasteiger partial charge in [-0.3, -0.25) is 0 Å². The molecule has 0 saturated carbocycles. The molecule has 0 bridgehead atoms. The van der Waals surface area contributed by atoms with Crippen LogP contribution in [0.5, 0.6) is 0 Å². The number of halogens is 3. The van der Waals surface area contributed by atoms with E-state index in [1.165, 1.54) is 12.1 Å². The number of aliphatic hydroxyl groups is 1. The Hall–Kier alpha value is -0.710.